The summed E-state index contributed by atoms with van der Waals surface area (Å²) in [5.74, 6) is 0.620. The molecular formula is C17H20N4O3S. The second-order valence-corrected chi connectivity index (χ2v) is 7.60. The van der Waals surface area contributed by atoms with Gasteiger partial charge in [0.15, 0.2) is 0 Å². The van der Waals surface area contributed by atoms with Crippen LogP contribution in [0.1, 0.15) is 31.3 Å². The van der Waals surface area contributed by atoms with Crippen LogP contribution in [0.3, 0.4) is 0 Å². The summed E-state index contributed by atoms with van der Waals surface area (Å²) in [5.41, 5.74) is 0.818. The van der Waals surface area contributed by atoms with Gasteiger partial charge in [0.2, 0.25) is 10.0 Å². The maximum absolute atomic E-state index is 12.7. The highest BCUT2D eigenvalue weighted by molar-refractivity contribution is 7.89. The number of aromatic nitrogens is 3. The molecule has 1 atom stereocenters. The molecule has 0 saturated heterocycles. The number of nitrogens with one attached hydrogen (secondary N) is 1. The molecule has 0 radical (unpaired) electrons. The van der Waals surface area contributed by atoms with Gasteiger partial charge in [-0.1, -0.05) is 37.3 Å². The topological polar surface area (TPSA) is 85.5 Å². The van der Waals surface area contributed by atoms with Gasteiger partial charge in [-0.2, -0.15) is 5.10 Å². The van der Waals surface area contributed by atoms with E-state index >= 15 is 0 Å². The number of hydrogen-bond acceptors (Lipinski definition) is 4. The van der Waals surface area contributed by atoms with Crippen LogP contribution in [0.15, 0.2) is 52.3 Å². The van der Waals surface area contributed by atoms with Crippen molar-refractivity contribution in [2.24, 2.45) is 7.05 Å². The molecule has 3 rings (SSSR count). The summed E-state index contributed by atoms with van der Waals surface area (Å²) >= 11 is 0. The predicted molar refractivity (Wildman–Crippen MR) is 95.0 cm³/mol. The van der Waals surface area contributed by atoms with Gasteiger partial charge in [-0.25, -0.2) is 17.8 Å². The van der Waals surface area contributed by atoms with Crippen LogP contribution in [-0.4, -0.2) is 22.6 Å². The minimum Gasteiger partial charge on any atom is -0.297 e. The average molecular weight is 360 g/mol. The molecule has 7 nitrogen and oxygen atoms in total. The lowest BCUT2D eigenvalue weighted by molar-refractivity contribution is 0.567. The molecule has 0 spiro atoms. The summed E-state index contributed by atoms with van der Waals surface area (Å²) in [6.45, 7) is 3.68. The van der Waals surface area contributed by atoms with E-state index in [1.165, 1.54) is 16.9 Å². The Morgan fingerprint density at radius 2 is 1.92 bits per heavy atom. The smallest absolute Gasteiger partial charge is 0.290 e. The van der Waals surface area contributed by atoms with Crippen molar-refractivity contribution in [1.82, 2.24) is 18.9 Å². The lowest BCUT2D eigenvalue weighted by Crippen LogP contribution is -2.26. The molecule has 0 amide bonds. The molecule has 25 heavy (non-hydrogen) atoms. The van der Waals surface area contributed by atoms with Gasteiger partial charge in [0.25, 0.3) is 5.56 Å². The standard InChI is InChI=1S/C17H20N4O3S/c1-4-16-18-20(3)17(22)15-10-14(11-21(15)16)25(23,24)19-12(2)13-8-6-5-7-9-13/h5-12,19H,4H2,1-3H3. The third kappa shape index (κ3) is 3.22. The number of hydrogen-bond donors (Lipinski definition) is 1. The van der Waals surface area contributed by atoms with Crippen molar-refractivity contribution in [3.05, 3.63) is 64.3 Å². The fraction of sp³-hybridized carbons (Fsp3) is 0.294. The van der Waals surface area contributed by atoms with E-state index in [4.69, 9.17) is 0 Å². The monoisotopic (exact) mass is 360 g/mol. The fourth-order valence-electron chi connectivity index (χ4n) is 2.75. The molecule has 3 aromatic rings. The van der Waals surface area contributed by atoms with Crippen LogP contribution in [0.2, 0.25) is 0 Å². The molecule has 2 heterocycles. The Kier molecular flexibility index (Phi) is 4.49. The van der Waals surface area contributed by atoms with Gasteiger partial charge < -0.3 is 0 Å². The van der Waals surface area contributed by atoms with Crippen molar-refractivity contribution in [2.45, 2.75) is 31.2 Å². The molecule has 1 unspecified atom stereocenters. The normalized spacial score (nSPS) is 13.2. The fourth-order valence-corrected chi connectivity index (χ4v) is 4.00. The van der Waals surface area contributed by atoms with Crippen LogP contribution in [0, 0.1) is 0 Å². The van der Waals surface area contributed by atoms with Crippen molar-refractivity contribution in [1.29, 1.82) is 0 Å². The quantitative estimate of drug-likeness (QED) is 0.749. The zero-order valence-corrected chi connectivity index (χ0v) is 15.1. The third-order valence-electron chi connectivity index (χ3n) is 4.11. The minimum atomic E-state index is -3.77. The molecule has 0 bridgehead atoms. The zero-order valence-electron chi connectivity index (χ0n) is 14.3. The molecule has 0 fully saturated rings. The SMILES string of the molecule is CCc1nn(C)c(=O)c2cc(S(=O)(=O)NC(C)c3ccccc3)cn12. The van der Waals surface area contributed by atoms with Crippen molar-refractivity contribution in [2.75, 3.05) is 0 Å². The highest BCUT2D eigenvalue weighted by atomic mass is 32.2. The zero-order chi connectivity index (χ0) is 18.2. The second-order valence-electron chi connectivity index (χ2n) is 5.88. The maximum atomic E-state index is 12.7. The maximum Gasteiger partial charge on any atom is 0.290 e. The number of fused-ring (bicyclic) bond motifs is 1. The number of rotatable bonds is 5. The molecule has 0 aliphatic heterocycles. The molecule has 1 N–H and O–H groups in total. The summed E-state index contributed by atoms with van der Waals surface area (Å²) in [6, 6.07) is 10.3. The van der Waals surface area contributed by atoms with Crippen LogP contribution < -0.4 is 10.3 Å². The molecule has 0 aliphatic rings. The van der Waals surface area contributed by atoms with Gasteiger partial charge in [0, 0.05) is 25.7 Å². The molecule has 0 aliphatic carbocycles. The summed E-state index contributed by atoms with van der Waals surface area (Å²) in [4.78, 5) is 12.3. The molecule has 1 aromatic carbocycles. The Morgan fingerprint density at radius 3 is 2.56 bits per heavy atom. The van der Waals surface area contributed by atoms with Crippen molar-refractivity contribution in [3.8, 4) is 0 Å². The van der Waals surface area contributed by atoms with Gasteiger partial charge in [0.1, 0.15) is 16.2 Å². The number of sulfonamides is 1. The largest absolute Gasteiger partial charge is 0.297 e. The lowest BCUT2D eigenvalue weighted by Gasteiger charge is -2.13. The Labute approximate surface area is 146 Å². The number of nitrogens with zero attached hydrogens (tertiary/aromatic N) is 3. The van der Waals surface area contributed by atoms with Gasteiger partial charge in [-0.15, -0.1) is 0 Å². The first-order valence-corrected chi connectivity index (χ1v) is 9.47. The van der Waals surface area contributed by atoms with E-state index in [-0.39, 0.29) is 16.5 Å². The van der Waals surface area contributed by atoms with E-state index in [1.807, 2.05) is 37.3 Å². The van der Waals surface area contributed by atoms with Gasteiger partial charge in [0.05, 0.1) is 0 Å². The van der Waals surface area contributed by atoms with Crippen LogP contribution in [0.4, 0.5) is 0 Å². The first kappa shape index (κ1) is 17.4. The van der Waals surface area contributed by atoms with Crippen LogP contribution in [0.5, 0.6) is 0 Å². The Balaban J connectivity index is 2.03. The summed E-state index contributed by atoms with van der Waals surface area (Å²) in [6.07, 6.45) is 2.02. The van der Waals surface area contributed by atoms with Gasteiger partial charge in [-0.05, 0) is 18.6 Å². The lowest BCUT2D eigenvalue weighted by atomic mass is 10.1. The predicted octanol–water partition coefficient (Wildman–Crippen LogP) is 1.63. The molecule has 0 saturated carbocycles. The Morgan fingerprint density at radius 1 is 1.24 bits per heavy atom. The highest BCUT2D eigenvalue weighted by Gasteiger charge is 2.22. The first-order chi connectivity index (χ1) is 11.8. The Hall–Kier alpha value is -2.45. The third-order valence-corrected chi connectivity index (χ3v) is 5.62. The van der Waals surface area contributed by atoms with E-state index in [9.17, 15) is 13.2 Å². The highest BCUT2D eigenvalue weighted by Crippen LogP contribution is 2.19. The van der Waals surface area contributed by atoms with Crippen molar-refractivity contribution >= 4 is 15.5 Å². The van der Waals surface area contributed by atoms with E-state index in [0.717, 1.165) is 5.56 Å². The molecular weight excluding hydrogens is 340 g/mol. The van der Waals surface area contributed by atoms with E-state index in [1.54, 1.807) is 18.4 Å². The summed E-state index contributed by atoms with van der Waals surface area (Å²) in [5, 5.41) is 4.18. The van der Waals surface area contributed by atoms with E-state index in [2.05, 4.69) is 9.82 Å². The number of benzene rings is 1. The van der Waals surface area contributed by atoms with Gasteiger partial charge in [-0.3, -0.25) is 9.20 Å². The Bertz CT molecular complexity index is 1070. The molecule has 132 valence electrons. The van der Waals surface area contributed by atoms with Crippen LogP contribution in [-0.2, 0) is 23.5 Å². The minimum absolute atomic E-state index is 0.0510. The average Bonchev–Trinajstić information content (AvgIpc) is 3.05. The van der Waals surface area contributed by atoms with Crippen LogP contribution in [0.25, 0.3) is 5.52 Å². The molecule has 2 aromatic heterocycles. The number of aryl methyl sites for hydroxylation is 2. The first-order valence-electron chi connectivity index (χ1n) is 7.99. The van der Waals surface area contributed by atoms with Crippen molar-refractivity contribution in [3.63, 3.8) is 0 Å². The van der Waals surface area contributed by atoms with E-state index in [0.29, 0.717) is 17.8 Å². The molecule has 8 heteroatoms. The summed E-state index contributed by atoms with van der Waals surface area (Å²) in [7, 11) is -2.22. The van der Waals surface area contributed by atoms with E-state index < -0.39 is 10.0 Å². The van der Waals surface area contributed by atoms with Crippen LogP contribution >= 0.6 is 0 Å². The summed E-state index contributed by atoms with van der Waals surface area (Å²) < 4.78 is 30.9. The van der Waals surface area contributed by atoms with Gasteiger partial charge >= 0.3 is 0 Å². The second kappa shape index (κ2) is 6.45. The van der Waals surface area contributed by atoms with Crippen molar-refractivity contribution < 1.29 is 8.42 Å².